The van der Waals surface area contributed by atoms with Crippen molar-refractivity contribution in [2.45, 2.75) is 43.7 Å². The van der Waals surface area contributed by atoms with Crippen LogP contribution >= 0.6 is 0 Å². The number of amides is 1. The summed E-state index contributed by atoms with van der Waals surface area (Å²) < 4.78 is 36.7. The first-order chi connectivity index (χ1) is 16.3. The zero-order valence-corrected chi connectivity index (χ0v) is 20.9. The number of carbonyl (C=O) groups is 1. The molecule has 0 saturated heterocycles. The second-order valence-corrected chi connectivity index (χ2v) is 9.76. The van der Waals surface area contributed by atoms with E-state index in [2.05, 4.69) is 24.1 Å². The van der Waals surface area contributed by atoms with Gasteiger partial charge >= 0.3 is 0 Å². The Morgan fingerprint density at radius 1 is 0.971 bits per heavy atom. The lowest BCUT2D eigenvalue weighted by atomic mass is 10.0. The number of hydrogen-bond donors (Lipinski definition) is 1. The van der Waals surface area contributed by atoms with Crippen molar-refractivity contribution in [1.29, 1.82) is 0 Å². The van der Waals surface area contributed by atoms with Crippen molar-refractivity contribution in [1.82, 2.24) is 10.2 Å². The molecule has 3 rings (SSSR count). The maximum absolute atomic E-state index is 12.8. The summed E-state index contributed by atoms with van der Waals surface area (Å²) in [6, 6.07) is 17.0. The Bertz CT molecular complexity index is 1180. The van der Waals surface area contributed by atoms with Gasteiger partial charge in [0, 0.05) is 6.54 Å². The third-order valence-corrected chi connectivity index (χ3v) is 7.33. The second kappa shape index (κ2) is 11.4. The van der Waals surface area contributed by atoms with E-state index in [9.17, 15) is 13.2 Å². The van der Waals surface area contributed by atoms with Gasteiger partial charge in [0.25, 0.3) is 5.91 Å². The Morgan fingerprint density at radius 2 is 1.62 bits per heavy atom. The van der Waals surface area contributed by atoms with Gasteiger partial charge in [-0.05, 0) is 68.9 Å². The van der Waals surface area contributed by atoms with Gasteiger partial charge in [0.1, 0.15) is 5.75 Å². The first kappa shape index (κ1) is 25.5. The third-order valence-electron chi connectivity index (χ3n) is 5.69. The topological polar surface area (TPSA) is 88.8 Å². The summed E-state index contributed by atoms with van der Waals surface area (Å²) in [6.07, 6.45) is 0. The maximum Gasteiger partial charge on any atom is 0.287 e. The molecule has 2 aromatic carbocycles. The summed E-state index contributed by atoms with van der Waals surface area (Å²) in [5, 5.41) is 2.64. The highest BCUT2D eigenvalue weighted by Gasteiger charge is 2.25. The quantitative estimate of drug-likeness (QED) is 0.427. The molecule has 7 nitrogen and oxygen atoms in total. The minimum atomic E-state index is -3.84. The number of nitrogens with one attached hydrogen (secondary N) is 1. The number of aryl methyl sites for hydroxylation is 1. The van der Waals surface area contributed by atoms with Crippen LogP contribution in [-0.2, 0) is 9.84 Å². The molecule has 0 bridgehead atoms. The number of ether oxygens (including phenoxy) is 1. The van der Waals surface area contributed by atoms with Crippen molar-refractivity contribution in [3.8, 4) is 5.75 Å². The van der Waals surface area contributed by atoms with E-state index < -0.39 is 15.7 Å². The summed E-state index contributed by atoms with van der Waals surface area (Å²) in [5.41, 5.74) is 2.00. The van der Waals surface area contributed by atoms with Crippen LogP contribution in [0.15, 0.2) is 75.1 Å². The average molecular weight is 485 g/mol. The van der Waals surface area contributed by atoms with E-state index in [1.165, 1.54) is 24.3 Å². The molecule has 0 aliphatic carbocycles. The monoisotopic (exact) mass is 484 g/mol. The summed E-state index contributed by atoms with van der Waals surface area (Å²) in [7, 11) is -3.84. The van der Waals surface area contributed by atoms with E-state index in [1.54, 1.807) is 12.1 Å². The van der Waals surface area contributed by atoms with Crippen molar-refractivity contribution in [3.05, 3.63) is 77.6 Å². The molecule has 0 aliphatic heterocycles. The first-order valence-electron chi connectivity index (χ1n) is 11.5. The van der Waals surface area contributed by atoms with Crippen LogP contribution in [-0.4, -0.2) is 45.5 Å². The molecule has 182 valence electrons. The Balaban J connectivity index is 1.74. The van der Waals surface area contributed by atoms with Crippen LogP contribution in [0.3, 0.4) is 0 Å². The molecular weight excluding hydrogens is 452 g/mol. The molecule has 1 amide bonds. The van der Waals surface area contributed by atoms with E-state index in [0.717, 1.165) is 30.0 Å². The number of carbonyl (C=O) groups excluding carboxylic acids is 1. The maximum atomic E-state index is 12.8. The smallest absolute Gasteiger partial charge is 0.287 e. The van der Waals surface area contributed by atoms with Gasteiger partial charge in [0.05, 0.1) is 17.5 Å². The first-order valence-corrected chi connectivity index (χ1v) is 12.9. The van der Waals surface area contributed by atoms with Crippen molar-refractivity contribution < 1.29 is 22.4 Å². The van der Waals surface area contributed by atoms with E-state index >= 15 is 0 Å². The number of hydrogen-bond acceptors (Lipinski definition) is 6. The second-order valence-electron chi connectivity index (χ2n) is 7.88. The summed E-state index contributed by atoms with van der Waals surface area (Å²) in [4.78, 5) is 15.2. The lowest BCUT2D eigenvalue weighted by Gasteiger charge is -2.30. The van der Waals surface area contributed by atoms with Crippen molar-refractivity contribution in [2.75, 3.05) is 26.2 Å². The van der Waals surface area contributed by atoms with Crippen LogP contribution in [0.1, 0.15) is 48.5 Å². The SMILES string of the molecule is CCOc1ccc(C(CNC(=O)c2ccc(S(=O)(=O)c3ccc(C)cc3)o2)N(CC)CC)cc1. The predicted octanol–water partition coefficient (Wildman–Crippen LogP) is 4.63. The van der Waals surface area contributed by atoms with Gasteiger partial charge in [-0.2, -0.15) is 0 Å². The van der Waals surface area contributed by atoms with Gasteiger partial charge in [-0.15, -0.1) is 0 Å². The Kier molecular flexibility index (Phi) is 8.52. The normalized spacial score (nSPS) is 12.5. The number of nitrogens with zero attached hydrogens (tertiary/aromatic N) is 1. The van der Waals surface area contributed by atoms with Crippen LogP contribution < -0.4 is 10.1 Å². The zero-order valence-electron chi connectivity index (χ0n) is 20.1. The molecule has 1 unspecified atom stereocenters. The van der Waals surface area contributed by atoms with Crippen LogP contribution in [0.25, 0.3) is 0 Å². The van der Waals surface area contributed by atoms with Gasteiger partial charge in [0.15, 0.2) is 5.76 Å². The molecule has 1 atom stereocenters. The van der Waals surface area contributed by atoms with E-state index in [1.807, 2.05) is 38.1 Å². The van der Waals surface area contributed by atoms with Gasteiger partial charge in [0.2, 0.25) is 14.9 Å². The number of furan rings is 1. The highest BCUT2D eigenvalue weighted by atomic mass is 32.2. The van der Waals surface area contributed by atoms with Gasteiger partial charge in [-0.3, -0.25) is 9.69 Å². The molecule has 0 saturated carbocycles. The van der Waals surface area contributed by atoms with Gasteiger partial charge in [-0.25, -0.2) is 8.42 Å². The Morgan fingerprint density at radius 3 is 2.21 bits per heavy atom. The summed E-state index contributed by atoms with van der Waals surface area (Å²) in [5.74, 6) is 0.288. The fourth-order valence-electron chi connectivity index (χ4n) is 3.77. The van der Waals surface area contributed by atoms with Crippen LogP contribution in [0, 0.1) is 6.92 Å². The lowest BCUT2D eigenvalue weighted by molar-refractivity contribution is 0.0902. The number of likely N-dealkylation sites (N-methyl/N-ethyl adjacent to an activating group) is 1. The van der Waals surface area contributed by atoms with Gasteiger partial charge in [-0.1, -0.05) is 43.7 Å². The molecule has 1 aromatic heterocycles. The average Bonchev–Trinajstić information content (AvgIpc) is 3.34. The lowest BCUT2D eigenvalue weighted by Crippen LogP contribution is -2.38. The van der Waals surface area contributed by atoms with Crippen LogP contribution in [0.4, 0.5) is 0 Å². The van der Waals surface area contributed by atoms with E-state index in [4.69, 9.17) is 9.15 Å². The molecule has 1 N–H and O–H groups in total. The molecule has 1 heterocycles. The fraction of sp³-hybridized carbons (Fsp3) is 0.346. The fourth-order valence-corrected chi connectivity index (χ4v) is 4.95. The Labute approximate surface area is 201 Å². The minimum Gasteiger partial charge on any atom is -0.494 e. The highest BCUT2D eigenvalue weighted by Crippen LogP contribution is 2.25. The van der Waals surface area contributed by atoms with Crippen molar-refractivity contribution in [2.24, 2.45) is 0 Å². The minimum absolute atomic E-state index is 0.0457. The molecule has 0 aliphatic rings. The van der Waals surface area contributed by atoms with E-state index in [-0.39, 0.29) is 21.8 Å². The molecule has 3 aromatic rings. The largest absolute Gasteiger partial charge is 0.494 e. The molecule has 34 heavy (non-hydrogen) atoms. The van der Waals surface area contributed by atoms with Gasteiger partial charge < -0.3 is 14.5 Å². The standard InChI is InChI=1S/C26H32N2O5S/c1-5-28(6-2)23(20-10-12-21(13-11-20)32-7-3)18-27-26(29)24-16-17-25(33-24)34(30,31)22-14-8-19(4)9-15-22/h8-17,23H,5-7,18H2,1-4H3,(H,27,29). The summed E-state index contributed by atoms with van der Waals surface area (Å²) in [6.45, 7) is 10.5. The zero-order chi connectivity index (χ0) is 24.7. The Hall–Kier alpha value is -3.10. The highest BCUT2D eigenvalue weighted by molar-refractivity contribution is 7.91. The van der Waals surface area contributed by atoms with E-state index in [0.29, 0.717) is 13.2 Å². The molecule has 0 radical (unpaired) electrons. The predicted molar refractivity (Wildman–Crippen MR) is 131 cm³/mol. The van der Waals surface area contributed by atoms with Crippen molar-refractivity contribution in [3.63, 3.8) is 0 Å². The molecule has 8 heteroatoms. The molecule has 0 fully saturated rings. The van der Waals surface area contributed by atoms with Crippen LogP contribution in [0.2, 0.25) is 0 Å². The van der Waals surface area contributed by atoms with Crippen LogP contribution in [0.5, 0.6) is 5.75 Å². The number of sulfone groups is 1. The molecule has 0 spiro atoms. The number of rotatable bonds is 11. The third kappa shape index (κ3) is 5.87. The number of benzene rings is 2. The van der Waals surface area contributed by atoms with Crippen molar-refractivity contribution >= 4 is 15.7 Å². The molecular formula is C26H32N2O5S. The summed E-state index contributed by atoms with van der Waals surface area (Å²) >= 11 is 0.